The fourth-order valence-corrected chi connectivity index (χ4v) is 2.98. The second-order valence-corrected chi connectivity index (χ2v) is 6.11. The second kappa shape index (κ2) is 7.83. The van der Waals surface area contributed by atoms with Crippen LogP contribution in [0, 0.1) is 13.8 Å². The standard InChI is InChI=1S/C18H19NO3S/c1-12-7-4-5-10-15(12)23-11-16(20)19-17-13(2)8-6-9-14(17)18(21)22-3/h4-10H,11H2,1-3H3,(H,19,20). The lowest BCUT2D eigenvalue weighted by atomic mass is 10.1. The number of carbonyl (C=O) groups is 2. The van der Waals surface area contributed by atoms with E-state index in [2.05, 4.69) is 5.32 Å². The molecule has 0 aromatic heterocycles. The van der Waals surface area contributed by atoms with Gasteiger partial charge in [-0.2, -0.15) is 0 Å². The highest BCUT2D eigenvalue weighted by Crippen LogP contribution is 2.24. The number of carbonyl (C=O) groups excluding carboxylic acids is 2. The monoisotopic (exact) mass is 329 g/mol. The van der Waals surface area contributed by atoms with Gasteiger partial charge in [-0.15, -0.1) is 11.8 Å². The summed E-state index contributed by atoms with van der Waals surface area (Å²) >= 11 is 1.47. The lowest BCUT2D eigenvalue weighted by Crippen LogP contribution is -2.18. The third-order valence-electron chi connectivity index (χ3n) is 3.39. The van der Waals surface area contributed by atoms with Gasteiger partial charge in [0.15, 0.2) is 0 Å². The van der Waals surface area contributed by atoms with Crippen LogP contribution in [-0.4, -0.2) is 24.7 Å². The lowest BCUT2D eigenvalue weighted by Gasteiger charge is -2.12. The van der Waals surface area contributed by atoms with Crippen molar-refractivity contribution in [2.75, 3.05) is 18.2 Å². The molecular formula is C18H19NO3S. The topological polar surface area (TPSA) is 55.4 Å². The van der Waals surface area contributed by atoms with Crippen LogP contribution in [0.2, 0.25) is 0 Å². The van der Waals surface area contributed by atoms with Gasteiger partial charge >= 0.3 is 5.97 Å². The molecule has 5 heteroatoms. The largest absolute Gasteiger partial charge is 0.465 e. The van der Waals surface area contributed by atoms with Gasteiger partial charge in [0.2, 0.25) is 5.91 Å². The molecule has 0 aliphatic heterocycles. The first-order valence-electron chi connectivity index (χ1n) is 7.19. The smallest absolute Gasteiger partial charge is 0.339 e. The third-order valence-corrected chi connectivity index (χ3v) is 4.57. The molecule has 4 nitrogen and oxygen atoms in total. The van der Waals surface area contributed by atoms with E-state index in [0.29, 0.717) is 11.3 Å². The van der Waals surface area contributed by atoms with Crippen molar-refractivity contribution in [2.45, 2.75) is 18.7 Å². The Kier molecular flexibility index (Phi) is 5.82. The molecule has 120 valence electrons. The van der Waals surface area contributed by atoms with Crippen LogP contribution in [0.15, 0.2) is 47.4 Å². The number of hydrogen-bond acceptors (Lipinski definition) is 4. The van der Waals surface area contributed by atoms with Gasteiger partial charge in [-0.1, -0.05) is 30.3 Å². The van der Waals surface area contributed by atoms with E-state index in [1.165, 1.54) is 18.9 Å². The molecule has 0 saturated heterocycles. The van der Waals surface area contributed by atoms with Gasteiger partial charge in [0.25, 0.3) is 0 Å². The Hall–Kier alpha value is -2.27. The zero-order valence-corrected chi connectivity index (χ0v) is 14.2. The first-order chi connectivity index (χ1) is 11.0. The number of benzene rings is 2. The molecule has 2 aromatic rings. The van der Waals surface area contributed by atoms with Gasteiger partial charge in [-0.05, 0) is 37.1 Å². The molecular weight excluding hydrogens is 310 g/mol. The Morgan fingerprint density at radius 3 is 2.43 bits per heavy atom. The van der Waals surface area contributed by atoms with Crippen LogP contribution in [0.25, 0.3) is 0 Å². The van der Waals surface area contributed by atoms with Gasteiger partial charge in [0.05, 0.1) is 24.1 Å². The quantitative estimate of drug-likeness (QED) is 0.669. The molecule has 0 spiro atoms. The fraction of sp³-hybridized carbons (Fsp3) is 0.222. The predicted molar refractivity (Wildman–Crippen MR) is 93.1 cm³/mol. The Bertz CT molecular complexity index is 728. The molecule has 0 saturated carbocycles. The summed E-state index contributed by atoms with van der Waals surface area (Å²) in [4.78, 5) is 25.1. The number of nitrogens with one attached hydrogen (secondary N) is 1. The molecule has 23 heavy (non-hydrogen) atoms. The van der Waals surface area contributed by atoms with Crippen molar-refractivity contribution in [3.63, 3.8) is 0 Å². The SMILES string of the molecule is COC(=O)c1cccc(C)c1NC(=O)CSc1ccccc1C. The number of hydrogen-bond donors (Lipinski definition) is 1. The first-order valence-corrected chi connectivity index (χ1v) is 8.17. The highest BCUT2D eigenvalue weighted by molar-refractivity contribution is 8.00. The summed E-state index contributed by atoms with van der Waals surface area (Å²) in [6.45, 7) is 3.85. The van der Waals surface area contributed by atoms with E-state index in [-0.39, 0.29) is 11.7 Å². The number of methoxy groups -OCH3 is 1. The summed E-state index contributed by atoms with van der Waals surface area (Å²) in [7, 11) is 1.32. The van der Waals surface area contributed by atoms with E-state index in [1.54, 1.807) is 12.1 Å². The number of para-hydroxylation sites is 1. The maximum Gasteiger partial charge on any atom is 0.339 e. The molecule has 0 unspecified atom stereocenters. The number of aryl methyl sites for hydroxylation is 2. The summed E-state index contributed by atoms with van der Waals surface area (Å²) < 4.78 is 4.76. The molecule has 1 amide bonds. The molecule has 0 heterocycles. The molecule has 2 rings (SSSR count). The van der Waals surface area contributed by atoms with Crippen LogP contribution in [0.5, 0.6) is 0 Å². The van der Waals surface area contributed by atoms with E-state index in [9.17, 15) is 9.59 Å². The number of ether oxygens (including phenoxy) is 1. The van der Waals surface area contributed by atoms with E-state index in [4.69, 9.17) is 4.74 Å². The van der Waals surface area contributed by atoms with Crippen LogP contribution < -0.4 is 5.32 Å². The molecule has 0 aliphatic rings. The van der Waals surface area contributed by atoms with Crippen LogP contribution in [0.3, 0.4) is 0 Å². The van der Waals surface area contributed by atoms with Gasteiger partial charge in [-0.25, -0.2) is 4.79 Å². The average Bonchev–Trinajstić information content (AvgIpc) is 2.55. The Labute approximate surface area is 140 Å². The van der Waals surface area contributed by atoms with Crippen molar-refractivity contribution in [1.29, 1.82) is 0 Å². The number of amides is 1. The molecule has 0 aliphatic carbocycles. The lowest BCUT2D eigenvalue weighted by molar-refractivity contribution is -0.113. The highest BCUT2D eigenvalue weighted by Gasteiger charge is 2.16. The van der Waals surface area contributed by atoms with E-state index < -0.39 is 5.97 Å². The summed E-state index contributed by atoms with van der Waals surface area (Å²) in [6.07, 6.45) is 0. The van der Waals surface area contributed by atoms with Crippen molar-refractivity contribution in [3.8, 4) is 0 Å². The van der Waals surface area contributed by atoms with Gasteiger partial charge in [-0.3, -0.25) is 4.79 Å². The minimum Gasteiger partial charge on any atom is -0.465 e. The van der Waals surface area contributed by atoms with Crippen molar-refractivity contribution < 1.29 is 14.3 Å². The summed E-state index contributed by atoms with van der Waals surface area (Å²) in [5.74, 6) is -0.340. The maximum atomic E-state index is 12.2. The summed E-state index contributed by atoms with van der Waals surface area (Å²) in [5, 5.41) is 2.82. The van der Waals surface area contributed by atoms with Crippen LogP contribution in [0.1, 0.15) is 21.5 Å². The summed E-state index contributed by atoms with van der Waals surface area (Å²) in [6, 6.07) is 13.2. The van der Waals surface area contributed by atoms with Crippen molar-refractivity contribution in [2.24, 2.45) is 0 Å². The number of esters is 1. The van der Waals surface area contributed by atoms with Crippen LogP contribution in [0.4, 0.5) is 5.69 Å². The van der Waals surface area contributed by atoms with E-state index >= 15 is 0 Å². The minimum absolute atomic E-state index is 0.155. The second-order valence-electron chi connectivity index (χ2n) is 5.09. The van der Waals surface area contributed by atoms with Crippen LogP contribution in [-0.2, 0) is 9.53 Å². The minimum atomic E-state index is -0.462. The van der Waals surface area contributed by atoms with Crippen molar-refractivity contribution >= 4 is 29.3 Å². The van der Waals surface area contributed by atoms with Gasteiger partial charge in [0.1, 0.15) is 0 Å². The molecule has 0 radical (unpaired) electrons. The van der Waals surface area contributed by atoms with Gasteiger partial charge in [0, 0.05) is 4.90 Å². The molecule has 0 atom stereocenters. The number of rotatable bonds is 5. The van der Waals surface area contributed by atoms with E-state index in [0.717, 1.165) is 16.0 Å². The third kappa shape index (κ3) is 4.36. The highest BCUT2D eigenvalue weighted by atomic mass is 32.2. The van der Waals surface area contributed by atoms with Crippen molar-refractivity contribution in [1.82, 2.24) is 0 Å². The van der Waals surface area contributed by atoms with Crippen molar-refractivity contribution in [3.05, 3.63) is 59.2 Å². The Balaban J connectivity index is 2.09. The zero-order valence-electron chi connectivity index (χ0n) is 13.4. The first kappa shape index (κ1) is 17.1. The van der Waals surface area contributed by atoms with Gasteiger partial charge < -0.3 is 10.1 Å². The zero-order chi connectivity index (χ0) is 16.8. The molecule has 1 N–H and O–H groups in total. The number of anilines is 1. The molecule has 2 aromatic carbocycles. The fourth-order valence-electron chi connectivity index (χ4n) is 2.15. The molecule has 0 fully saturated rings. The normalized spacial score (nSPS) is 10.2. The molecule has 0 bridgehead atoms. The van der Waals surface area contributed by atoms with E-state index in [1.807, 2.05) is 44.2 Å². The average molecular weight is 329 g/mol. The Morgan fingerprint density at radius 1 is 1.04 bits per heavy atom. The predicted octanol–water partition coefficient (Wildman–Crippen LogP) is 3.82. The Morgan fingerprint density at radius 2 is 1.74 bits per heavy atom. The number of thioether (sulfide) groups is 1. The van der Waals surface area contributed by atoms with Crippen LogP contribution >= 0.6 is 11.8 Å². The summed E-state index contributed by atoms with van der Waals surface area (Å²) in [5.41, 5.74) is 2.83. The maximum absolute atomic E-state index is 12.2.